The second-order valence-corrected chi connectivity index (χ2v) is 5.98. The average Bonchev–Trinajstić information content (AvgIpc) is 2.67. The molecule has 0 fully saturated rings. The quantitative estimate of drug-likeness (QED) is 0.842. The first-order valence-corrected chi connectivity index (χ1v) is 7.04. The third-order valence-electron chi connectivity index (χ3n) is 2.59. The number of sulfonamides is 1. The van der Waals surface area contributed by atoms with E-state index >= 15 is 0 Å². The Hall–Kier alpha value is -0.850. The Morgan fingerprint density at radius 1 is 1.47 bits per heavy atom. The maximum Gasteiger partial charge on any atom is 0.246 e. The predicted molar refractivity (Wildman–Crippen MR) is 64.1 cm³/mol. The summed E-state index contributed by atoms with van der Waals surface area (Å²) in [5, 5.41) is 8.92. The van der Waals surface area contributed by atoms with E-state index in [1.165, 1.54) is 10.4 Å². The molecule has 0 aliphatic rings. The summed E-state index contributed by atoms with van der Waals surface area (Å²) in [5.74, 6) is 0.586. The van der Waals surface area contributed by atoms with Gasteiger partial charge in [-0.15, -0.1) is 0 Å². The van der Waals surface area contributed by atoms with Crippen molar-refractivity contribution in [2.24, 2.45) is 0 Å². The zero-order chi connectivity index (χ0) is 13.1. The van der Waals surface area contributed by atoms with Gasteiger partial charge in [0.2, 0.25) is 10.0 Å². The van der Waals surface area contributed by atoms with Crippen LogP contribution in [-0.2, 0) is 16.6 Å². The van der Waals surface area contributed by atoms with Crippen molar-refractivity contribution in [2.45, 2.75) is 38.2 Å². The number of aliphatic hydroxyl groups is 1. The standard InChI is InChI=1S/C11H19NO4S/c1-4-5-6-12(3)17(14,15)11-7-10(8-13)16-9(11)2/h7,13H,4-6,8H2,1-3H3. The first kappa shape index (κ1) is 14.2. The SMILES string of the molecule is CCCCN(C)S(=O)(=O)c1cc(CO)oc1C. The van der Waals surface area contributed by atoms with Crippen LogP contribution >= 0.6 is 0 Å². The van der Waals surface area contributed by atoms with Crippen LogP contribution in [0.2, 0.25) is 0 Å². The normalized spacial score (nSPS) is 12.3. The number of aliphatic hydroxyl groups excluding tert-OH is 1. The van der Waals surface area contributed by atoms with E-state index < -0.39 is 10.0 Å². The fourth-order valence-electron chi connectivity index (χ4n) is 1.53. The lowest BCUT2D eigenvalue weighted by molar-refractivity contribution is 0.244. The van der Waals surface area contributed by atoms with E-state index in [1.54, 1.807) is 14.0 Å². The Bertz CT molecular complexity index is 464. The molecule has 0 saturated heterocycles. The highest BCUT2D eigenvalue weighted by Gasteiger charge is 2.25. The molecule has 0 saturated carbocycles. The van der Waals surface area contributed by atoms with Gasteiger partial charge in [-0.3, -0.25) is 0 Å². The largest absolute Gasteiger partial charge is 0.462 e. The number of unbranched alkanes of at least 4 members (excludes halogenated alkanes) is 1. The van der Waals surface area contributed by atoms with Gasteiger partial charge in [0.25, 0.3) is 0 Å². The molecule has 5 nitrogen and oxygen atoms in total. The van der Waals surface area contributed by atoms with Gasteiger partial charge in [0.05, 0.1) is 0 Å². The molecule has 1 aromatic heterocycles. The van der Waals surface area contributed by atoms with Crippen LogP contribution in [-0.4, -0.2) is 31.4 Å². The number of rotatable bonds is 6. The fourth-order valence-corrected chi connectivity index (χ4v) is 2.92. The Morgan fingerprint density at radius 3 is 2.59 bits per heavy atom. The summed E-state index contributed by atoms with van der Waals surface area (Å²) >= 11 is 0. The van der Waals surface area contributed by atoms with Crippen LogP contribution in [0.1, 0.15) is 31.3 Å². The molecule has 0 unspecified atom stereocenters. The van der Waals surface area contributed by atoms with Crippen molar-refractivity contribution in [2.75, 3.05) is 13.6 Å². The Morgan fingerprint density at radius 2 is 2.12 bits per heavy atom. The van der Waals surface area contributed by atoms with Gasteiger partial charge in [-0.2, -0.15) is 0 Å². The Kier molecular flexibility index (Phi) is 4.73. The van der Waals surface area contributed by atoms with Gasteiger partial charge in [0, 0.05) is 19.7 Å². The first-order valence-electron chi connectivity index (χ1n) is 5.60. The van der Waals surface area contributed by atoms with Crippen LogP contribution in [0.15, 0.2) is 15.4 Å². The van der Waals surface area contributed by atoms with E-state index in [9.17, 15) is 8.42 Å². The third-order valence-corrected chi connectivity index (χ3v) is 4.56. The van der Waals surface area contributed by atoms with Crippen LogP contribution in [0, 0.1) is 6.92 Å². The van der Waals surface area contributed by atoms with E-state index in [2.05, 4.69) is 0 Å². The van der Waals surface area contributed by atoms with E-state index in [1.807, 2.05) is 6.92 Å². The van der Waals surface area contributed by atoms with Gasteiger partial charge in [-0.1, -0.05) is 13.3 Å². The molecule has 0 amide bonds. The molecule has 0 atom stereocenters. The molecule has 1 heterocycles. The van der Waals surface area contributed by atoms with Crippen molar-refractivity contribution in [3.05, 3.63) is 17.6 Å². The zero-order valence-corrected chi connectivity index (χ0v) is 11.2. The van der Waals surface area contributed by atoms with Gasteiger partial charge < -0.3 is 9.52 Å². The minimum absolute atomic E-state index is 0.139. The molecule has 0 bridgehead atoms. The molecule has 0 aliphatic heterocycles. The summed E-state index contributed by atoms with van der Waals surface area (Å²) in [6.07, 6.45) is 1.76. The monoisotopic (exact) mass is 261 g/mol. The molecule has 0 spiro atoms. The van der Waals surface area contributed by atoms with Gasteiger partial charge in [-0.05, 0) is 13.3 Å². The summed E-state index contributed by atoms with van der Waals surface area (Å²) in [4.78, 5) is 0.139. The third kappa shape index (κ3) is 3.08. The summed E-state index contributed by atoms with van der Waals surface area (Å²) in [6, 6.07) is 1.38. The molecule has 0 aromatic carbocycles. The van der Waals surface area contributed by atoms with Crippen LogP contribution in [0.25, 0.3) is 0 Å². The molecular formula is C11H19NO4S. The fraction of sp³-hybridized carbons (Fsp3) is 0.636. The second-order valence-electron chi connectivity index (χ2n) is 3.97. The van der Waals surface area contributed by atoms with Crippen LogP contribution in [0.5, 0.6) is 0 Å². The lowest BCUT2D eigenvalue weighted by Crippen LogP contribution is -2.28. The van der Waals surface area contributed by atoms with Gasteiger partial charge in [0.1, 0.15) is 23.0 Å². The number of aryl methyl sites for hydroxylation is 1. The first-order chi connectivity index (χ1) is 7.93. The molecule has 1 aromatic rings. The number of hydrogen-bond donors (Lipinski definition) is 1. The number of hydrogen-bond acceptors (Lipinski definition) is 4. The Balaban J connectivity index is 2.99. The predicted octanol–water partition coefficient (Wildman–Crippen LogP) is 1.50. The summed E-state index contributed by atoms with van der Waals surface area (Å²) in [7, 11) is -1.95. The van der Waals surface area contributed by atoms with E-state index in [-0.39, 0.29) is 17.3 Å². The summed E-state index contributed by atoms with van der Waals surface area (Å²) < 4.78 is 30.8. The average molecular weight is 261 g/mol. The smallest absolute Gasteiger partial charge is 0.246 e. The van der Waals surface area contributed by atoms with E-state index in [4.69, 9.17) is 9.52 Å². The van der Waals surface area contributed by atoms with Crippen molar-refractivity contribution < 1.29 is 17.9 Å². The summed E-state index contributed by atoms with van der Waals surface area (Å²) in [6.45, 7) is 3.78. The number of furan rings is 1. The molecule has 98 valence electrons. The molecule has 17 heavy (non-hydrogen) atoms. The molecule has 0 radical (unpaired) electrons. The van der Waals surface area contributed by atoms with Gasteiger partial charge in [-0.25, -0.2) is 12.7 Å². The molecular weight excluding hydrogens is 242 g/mol. The maximum atomic E-state index is 12.2. The highest BCUT2D eigenvalue weighted by Crippen LogP contribution is 2.23. The van der Waals surface area contributed by atoms with Crippen LogP contribution in [0.3, 0.4) is 0 Å². The molecule has 1 rings (SSSR count). The zero-order valence-electron chi connectivity index (χ0n) is 10.4. The van der Waals surface area contributed by atoms with Crippen LogP contribution < -0.4 is 0 Å². The van der Waals surface area contributed by atoms with Crippen molar-refractivity contribution in [1.29, 1.82) is 0 Å². The van der Waals surface area contributed by atoms with E-state index in [0.717, 1.165) is 12.8 Å². The van der Waals surface area contributed by atoms with Gasteiger partial charge in [0.15, 0.2) is 0 Å². The van der Waals surface area contributed by atoms with E-state index in [0.29, 0.717) is 12.3 Å². The molecule has 6 heteroatoms. The number of nitrogens with zero attached hydrogens (tertiary/aromatic N) is 1. The lowest BCUT2D eigenvalue weighted by Gasteiger charge is -2.15. The van der Waals surface area contributed by atoms with Crippen molar-refractivity contribution in [3.63, 3.8) is 0 Å². The van der Waals surface area contributed by atoms with Crippen molar-refractivity contribution in [1.82, 2.24) is 4.31 Å². The maximum absolute atomic E-state index is 12.2. The molecule has 0 aliphatic carbocycles. The highest BCUT2D eigenvalue weighted by atomic mass is 32.2. The van der Waals surface area contributed by atoms with Crippen molar-refractivity contribution >= 4 is 10.0 Å². The topological polar surface area (TPSA) is 70.8 Å². The minimum Gasteiger partial charge on any atom is -0.462 e. The second kappa shape index (κ2) is 5.66. The Labute approximate surface area is 102 Å². The molecule has 1 N–H and O–H groups in total. The highest BCUT2D eigenvalue weighted by molar-refractivity contribution is 7.89. The summed E-state index contributed by atoms with van der Waals surface area (Å²) in [5.41, 5.74) is 0. The van der Waals surface area contributed by atoms with Crippen molar-refractivity contribution in [3.8, 4) is 0 Å². The van der Waals surface area contributed by atoms with Crippen LogP contribution in [0.4, 0.5) is 0 Å². The lowest BCUT2D eigenvalue weighted by atomic mass is 10.3. The minimum atomic E-state index is -3.50. The van der Waals surface area contributed by atoms with Gasteiger partial charge >= 0.3 is 0 Å².